The minimum Gasteiger partial charge on any atom is -0.308 e. The van der Waals surface area contributed by atoms with Gasteiger partial charge in [-0.1, -0.05) is 13.8 Å². The van der Waals surface area contributed by atoms with Gasteiger partial charge in [0.15, 0.2) is 0 Å². The van der Waals surface area contributed by atoms with Gasteiger partial charge in [-0.25, -0.2) is 0 Å². The quantitative estimate of drug-likeness (QED) is 0.750. The summed E-state index contributed by atoms with van der Waals surface area (Å²) < 4.78 is 1.93. The van der Waals surface area contributed by atoms with Gasteiger partial charge >= 0.3 is 0 Å². The zero-order valence-corrected chi connectivity index (χ0v) is 11.6. The van der Waals surface area contributed by atoms with Crippen LogP contribution in [0.15, 0.2) is 12.3 Å². The number of rotatable bonds is 8. The van der Waals surface area contributed by atoms with Crippen molar-refractivity contribution in [3.05, 3.63) is 18.0 Å². The van der Waals surface area contributed by atoms with Crippen LogP contribution in [0.2, 0.25) is 0 Å². The van der Waals surface area contributed by atoms with E-state index in [0.29, 0.717) is 6.04 Å². The lowest BCUT2D eigenvalue weighted by Gasteiger charge is -2.21. The Labute approximate surface area is 105 Å². The van der Waals surface area contributed by atoms with E-state index in [1.54, 1.807) is 0 Å². The molecule has 98 valence electrons. The fourth-order valence-corrected chi connectivity index (χ4v) is 2.10. The minimum atomic E-state index is 0.364. The smallest absolute Gasteiger partial charge is 0.0547 e. The van der Waals surface area contributed by atoms with Gasteiger partial charge in [0.05, 0.1) is 5.69 Å². The number of nitrogens with zero attached hydrogens (tertiary/aromatic N) is 3. The van der Waals surface area contributed by atoms with Crippen LogP contribution in [-0.2, 0) is 7.05 Å². The maximum Gasteiger partial charge on any atom is 0.0547 e. The lowest BCUT2D eigenvalue weighted by Crippen LogP contribution is -2.34. The van der Waals surface area contributed by atoms with E-state index in [1.807, 2.05) is 17.9 Å². The van der Waals surface area contributed by atoms with E-state index >= 15 is 0 Å². The van der Waals surface area contributed by atoms with E-state index < -0.39 is 0 Å². The number of likely N-dealkylation sites (N-methyl/N-ethyl adjacent to an activating group) is 1. The van der Waals surface area contributed by atoms with Crippen molar-refractivity contribution in [1.29, 1.82) is 0 Å². The molecular formula is C13H26N4. The van der Waals surface area contributed by atoms with E-state index in [2.05, 4.69) is 42.2 Å². The SMILES string of the molecule is CCCN(CC)CCNC(C)c1ccnn1C. The Hall–Kier alpha value is -0.870. The van der Waals surface area contributed by atoms with Crippen molar-refractivity contribution in [2.75, 3.05) is 26.2 Å². The van der Waals surface area contributed by atoms with E-state index in [-0.39, 0.29) is 0 Å². The molecule has 1 aromatic rings. The molecule has 1 atom stereocenters. The standard InChI is InChI=1S/C13H26N4/c1-5-10-17(6-2)11-9-14-12(3)13-7-8-15-16(13)4/h7-8,12,14H,5-6,9-11H2,1-4H3. The van der Waals surface area contributed by atoms with Gasteiger partial charge < -0.3 is 10.2 Å². The molecule has 0 amide bonds. The van der Waals surface area contributed by atoms with Gasteiger partial charge in [0.1, 0.15) is 0 Å². The molecule has 4 nitrogen and oxygen atoms in total. The summed E-state index contributed by atoms with van der Waals surface area (Å²) in [6.07, 6.45) is 3.08. The summed E-state index contributed by atoms with van der Waals surface area (Å²) in [4.78, 5) is 2.48. The van der Waals surface area contributed by atoms with Crippen molar-refractivity contribution < 1.29 is 0 Å². The number of aromatic nitrogens is 2. The van der Waals surface area contributed by atoms with E-state index in [9.17, 15) is 0 Å². The summed E-state index contributed by atoms with van der Waals surface area (Å²) in [6, 6.07) is 2.43. The van der Waals surface area contributed by atoms with Crippen LogP contribution in [0.3, 0.4) is 0 Å². The normalized spacial score (nSPS) is 13.2. The third kappa shape index (κ3) is 4.48. The first-order valence-corrected chi connectivity index (χ1v) is 6.62. The highest BCUT2D eigenvalue weighted by Crippen LogP contribution is 2.09. The van der Waals surface area contributed by atoms with E-state index in [1.165, 1.54) is 18.7 Å². The summed E-state index contributed by atoms with van der Waals surface area (Å²) in [6.45, 7) is 11.1. The van der Waals surface area contributed by atoms with Crippen molar-refractivity contribution in [2.45, 2.75) is 33.2 Å². The molecule has 0 aromatic carbocycles. The summed E-state index contributed by atoms with van der Waals surface area (Å²) in [5, 5.41) is 7.74. The second-order valence-corrected chi connectivity index (χ2v) is 4.49. The summed E-state index contributed by atoms with van der Waals surface area (Å²) in [7, 11) is 1.99. The predicted molar refractivity (Wildman–Crippen MR) is 72.0 cm³/mol. The van der Waals surface area contributed by atoms with Gasteiger partial charge in [-0.3, -0.25) is 4.68 Å². The van der Waals surface area contributed by atoms with E-state index in [0.717, 1.165) is 19.6 Å². The van der Waals surface area contributed by atoms with Gasteiger partial charge in [-0.05, 0) is 32.5 Å². The highest BCUT2D eigenvalue weighted by atomic mass is 15.3. The summed E-state index contributed by atoms with van der Waals surface area (Å²) >= 11 is 0. The Morgan fingerprint density at radius 2 is 2.18 bits per heavy atom. The highest BCUT2D eigenvalue weighted by Gasteiger charge is 2.08. The van der Waals surface area contributed by atoms with Crippen LogP contribution >= 0.6 is 0 Å². The lowest BCUT2D eigenvalue weighted by atomic mass is 10.2. The van der Waals surface area contributed by atoms with Gasteiger partial charge in [0, 0.05) is 32.4 Å². The molecule has 4 heteroatoms. The Bertz CT molecular complexity index is 308. The van der Waals surface area contributed by atoms with Crippen LogP contribution in [0.5, 0.6) is 0 Å². The molecule has 0 aliphatic rings. The predicted octanol–water partition coefficient (Wildman–Crippen LogP) is 1.80. The molecule has 17 heavy (non-hydrogen) atoms. The maximum absolute atomic E-state index is 4.19. The Morgan fingerprint density at radius 1 is 1.41 bits per heavy atom. The average Bonchev–Trinajstić information content (AvgIpc) is 2.74. The van der Waals surface area contributed by atoms with Crippen LogP contribution in [0.4, 0.5) is 0 Å². The van der Waals surface area contributed by atoms with Crippen molar-refractivity contribution in [3.63, 3.8) is 0 Å². The fourth-order valence-electron chi connectivity index (χ4n) is 2.10. The molecule has 0 fully saturated rings. The van der Waals surface area contributed by atoms with Crippen LogP contribution in [0.25, 0.3) is 0 Å². The second kappa shape index (κ2) is 7.45. The molecule has 0 saturated carbocycles. The van der Waals surface area contributed by atoms with Gasteiger partial charge in [0.2, 0.25) is 0 Å². The van der Waals surface area contributed by atoms with Gasteiger partial charge in [0.25, 0.3) is 0 Å². The molecule has 0 aliphatic carbocycles. The van der Waals surface area contributed by atoms with Crippen molar-refractivity contribution in [2.24, 2.45) is 7.05 Å². The lowest BCUT2D eigenvalue weighted by molar-refractivity contribution is 0.283. The highest BCUT2D eigenvalue weighted by molar-refractivity contribution is 5.05. The third-order valence-electron chi connectivity index (χ3n) is 3.17. The molecule has 0 spiro atoms. The van der Waals surface area contributed by atoms with Gasteiger partial charge in [-0.2, -0.15) is 5.10 Å². The first-order valence-electron chi connectivity index (χ1n) is 6.62. The Kier molecular flexibility index (Phi) is 6.22. The number of nitrogens with one attached hydrogen (secondary N) is 1. The molecular weight excluding hydrogens is 212 g/mol. The van der Waals surface area contributed by atoms with Crippen LogP contribution < -0.4 is 5.32 Å². The Balaban J connectivity index is 2.29. The fraction of sp³-hybridized carbons (Fsp3) is 0.769. The Morgan fingerprint density at radius 3 is 2.71 bits per heavy atom. The summed E-state index contributed by atoms with van der Waals surface area (Å²) in [5.41, 5.74) is 1.24. The van der Waals surface area contributed by atoms with Crippen molar-refractivity contribution in [3.8, 4) is 0 Å². The molecule has 1 rings (SSSR count). The zero-order valence-electron chi connectivity index (χ0n) is 11.6. The van der Waals surface area contributed by atoms with Crippen LogP contribution in [-0.4, -0.2) is 40.9 Å². The molecule has 0 saturated heterocycles. The number of hydrogen-bond acceptors (Lipinski definition) is 3. The molecule has 0 aliphatic heterocycles. The average molecular weight is 238 g/mol. The van der Waals surface area contributed by atoms with E-state index in [4.69, 9.17) is 0 Å². The largest absolute Gasteiger partial charge is 0.308 e. The maximum atomic E-state index is 4.19. The summed E-state index contributed by atoms with van der Waals surface area (Å²) in [5.74, 6) is 0. The monoisotopic (exact) mass is 238 g/mol. The molecule has 1 unspecified atom stereocenters. The molecule has 1 heterocycles. The second-order valence-electron chi connectivity index (χ2n) is 4.49. The third-order valence-corrected chi connectivity index (χ3v) is 3.17. The van der Waals surface area contributed by atoms with Crippen molar-refractivity contribution >= 4 is 0 Å². The molecule has 1 N–H and O–H groups in total. The molecule has 1 aromatic heterocycles. The molecule has 0 bridgehead atoms. The van der Waals surface area contributed by atoms with Crippen LogP contribution in [0.1, 0.15) is 38.9 Å². The number of hydrogen-bond donors (Lipinski definition) is 1. The van der Waals surface area contributed by atoms with Crippen LogP contribution in [0, 0.1) is 0 Å². The first kappa shape index (κ1) is 14.2. The van der Waals surface area contributed by atoms with Gasteiger partial charge in [-0.15, -0.1) is 0 Å². The minimum absolute atomic E-state index is 0.364. The molecule has 0 radical (unpaired) electrons. The van der Waals surface area contributed by atoms with Crippen molar-refractivity contribution in [1.82, 2.24) is 20.0 Å². The number of aryl methyl sites for hydroxylation is 1. The first-order chi connectivity index (χ1) is 8.19. The topological polar surface area (TPSA) is 33.1 Å². The zero-order chi connectivity index (χ0) is 12.7.